The molecule has 1 aromatic rings. The highest BCUT2D eigenvalue weighted by Gasteiger charge is 2.55. The van der Waals surface area contributed by atoms with Gasteiger partial charge in [-0.2, -0.15) is 5.06 Å². The number of hydrogen-bond donors (Lipinski definition) is 0. The van der Waals surface area contributed by atoms with Gasteiger partial charge >= 0.3 is 0 Å². The van der Waals surface area contributed by atoms with Crippen LogP contribution in [0.2, 0.25) is 0 Å². The van der Waals surface area contributed by atoms with Crippen LogP contribution in [0, 0.1) is 25.7 Å². The van der Waals surface area contributed by atoms with E-state index in [1.54, 1.807) is 5.56 Å². The lowest BCUT2D eigenvalue weighted by molar-refractivity contribution is -0.182. The van der Waals surface area contributed by atoms with Gasteiger partial charge in [-0.15, -0.1) is 0 Å². The van der Waals surface area contributed by atoms with E-state index in [4.69, 9.17) is 4.84 Å². The molecule has 122 valence electrons. The lowest BCUT2D eigenvalue weighted by Gasteiger charge is -2.47. The van der Waals surface area contributed by atoms with Crippen molar-refractivity contribution in [3.8, 4) is 0 Å². The summed E-state index contributed by atoms with van der Waals surface area (Å²) in [5.41, 5.74) is 4.65. The van der Waals surface area contributed by atoms with E-state index in [1.165, 1.54) is 24.0 Å². The molecule has 22 heavy (non-hydrogen) atoms. The van der Waals surface area contributed by atoms with Crippen LogP contribution in [0.4, 0.5) is 0 Å². The summed E-state index contributed by atoms with van der Waals surface area (Å²) in [6.45, 7) is 13.9. The second-order valence-electron chi connectivity index (χ2n) is 8.55. The number of benzene rings is 1. The van der Waals surface area contributed by atoms with E-state index in [0.717, 1.165) is 0 Å². The molecule has 2 aliphatic rings. The summed E-state index contributed by atoms with van der Waals surface area (Å²) < 4.78 is 0. The van der Waals surface area contributed by atoms with Crippen molar-refractivity contribution in [2.75, 3.05) is 7.05 Å². The highest BCUT2D eigenvalue weighted by molar-refractivity contribution is 5.40. The van der Waals surface area contributed by atoms with E-state index in [-0.39, 0.29) is 11.0 Å². The van der Waals surface area contributed by atoms with Gasteiger partial charge in [0.25, 0.3) is 0 Å². The number of hydrogen-bond acceptors (Lipinski definition) is 2. The van der Waals surface area contributed by atoms with E-state index in [9.17, 15) is 0 Å². The van der Waals surface area contributed by atoms with Gasteiger partial charge in [0.1, 0.15) is 0 Å². The average Bonchev–Trinajstić information content (AvgIpc) is 2.58. The van der Waals surface area contributed by atoms with E-state index in [1.807, 2.05) is 0 Å². The van der Waals surface area contributed by atoms with E-state index in [0.29, 0.717) is 17.9 Å². The first-order valence-electron chi connectivity index (χ1n) is 8.64. The fraction of sp³-hybridized carbons (Fsp3) is 0.700. The molecule has 1 aromatic carbocycles. The lowest BCUT2D eigenvalue weighted by Crippen LogP contribution is -2.48. The minimum atomic E-state index is -0.0635. The molecule has 0 bridgehead atoms. The van der Waals surface area contributed by atoms with Gasteiger partial charge in [0.2, 0.25) is 0 Å². The Morgan fingerprint density at radius 2 is 1.68 bits per heavy atom. The van der Waals surface area contributed by atoms with Crippen molar-refractivity contribution in [3.63, 3.8) is 0 Å². The summed E-state index contributed by atoms with van der Waals surface area (Å²) in [6, 6.07) is 7.27. The number of rotatable bonds is 1. The fourth-order valence-electron chi connectivity index (χ4n) is 5.66. The molecule has 0 spiro atoms. The monoisotopic (exact) mass is 301 g/mol. The summed E-state index contributed by atoms with van der Waals surface area (Å²) in [7, 11) is 2.12. The van der Waals surface area contributed by atoms with Gasteiger partial charge in [0.15, 0.2) is 0 Å². The zero-order valence-corrected chi connectivity index (χ0v) is 15.2. The number of nitrogens with zero attached hydrogens (tertiary/aromatic N) is 1. The third kappa shape index (κ3) is 2.32. The van der Waals surface area contributed by atoms with Crippen LogP contribution in [0.1, 0.15) is 57.2 Å². The molecule has 3 rings (SSSR count). The molecule has 2 nitrogen and oxygen atoms in total. The van der Waals surface area contributed by atoms with E-state index < -0.39 is 0 Å². The topological polar surface area (TPSA) is 12.5 Å². The Labute approximate surface area is 135 Å². The zero-order valence-electron chi connectivity index (χ0n) is 15.2. The van der Waals surface area contributed by atoms with Crippen molar-refractivity contribution in [2.24, 2.45) is 11.8 Å². The normalized spacial score (nSPS) is 38.0. The molecule has 0 N–H and O–H groups in total. The predicted octanol–water partition coefficient (Wildman–Crippen LogP) is 4.63. The van der Waals surface area contributed by atoms with Crippen LogP contribution in [-0.2, 0) is 10.3 Å². The summed E-state index contributed by atoms with van der Waals surface area (Å²) in [4.78, 5) is 6.19. The molecule has 4 atom stereocenters. The van der Waals surface area contributed by atoms with Crippen molar-refractivity contribution in [2.45, 2.75) is 71.4 Å². The summed E-state index contributed by atoms with van der Waals surface area (Å²) >= 11 is 0. The summed E-state index contributed by atoms with van der Waals surface area (Å²) in [5.74, 6) is 1.24. The van der Waals surface area contributed by atoms with Crippen molar-refractivity contribution < 1.29 is 4.84 Å². The van der Waals surface area contributed by atoms with E-state index >= 15 is 0 Å². The zero-order chi connectivity index (χ0) is 16.3. The van der Waals surface area contributed by atoms with Gasteiger partial charge in [-0.1, -0.05) is 32.0 Å². The predicted molar refractivity (Wildman–Crippen MR) is 91.9 cm³/mol. The molecule has 1 aliphatic heterocycles. The number of hydroxylamine groups is 2. The molecule has 0 radical (unpaired) electrons. The van der Waals surface area contributed by atoms with Crippen molar-refractivity contribution in [3.05, 3.63) is 34.9 Å². The standard InChI is InChI=1S/C20H31NO/c1-13-9-8-10-14(2)17(13)20(6)11-15(3)18-16(12-20)19(4,5)22-21(18)7/h8-10,15-16,18H,11-12H2,1-7H3/t15-,16+,18+,20+/m0/s1. The first-order chi connectivity index (χ1) is 10.2. The Morgan fingerprint density at radius 3 is 2.27 bits per heavy atom. The Bertz CT molecular complexity index is 559. The van der Waals surface area contributed by atoms with Crippen LogP contribution in [-0.4, -0.2) is 23.8 Å². The molecule has 1 heterocycles. The minimum absolute atomic E-state index is 0.0635. The third-order valence-corrected chi connectivity index (χ3v) is 6.21. The van der Waals surface area contributed by atoms with Crippen molar-refractivity contribution in [1.82, 2.24) is 5.06 Å². The molecule has 0 aromatic heterocycles. The molecular formula is C20H31NO. The Kier molecular flexibility index (Phi) is 3.69. The molecule has 2 fully saturated rings. The molecule has 1 saturated carbocycles. The van der Waals surface area contributed by atoms with Gasteiger partial charge in [-0.3, -0.25) is 4.84 Å². The molecule has 1 saturated heterocycles. The van der Waals surface area contributed by atoms with Gasteiger partial charge in [0, 0.05) is 19.0 Å². The average molecular weight is 301 g/mol. The molecule has 1 aliphatic carbocycles. The first-order valence-corrected chi connectivity index (χ1v) is 8.64. The van der Waals surface area contributed by atoms with Crippen LogP contribution < -0.4 is 0 Å². The lowest BCUT2D eigenvalue weighted by atomic mass is 9.58. The molecular weight excluding hydrogens is 270 g/mol. The first kappa shape index (κ1) is 16.0. The van der Waals surface area contributed by atoms with Crippen molar-refractivity contribution >= 4 is 0 Å². The Hall–Kier alpha value is -0.860. The number of aryl methyl sites for hydroxylation is 2. The minimum Gasteiger partial charge on any atom is -0.293 e. The fourth-order valence-corrected chi connectivity index (χ4v) is 5.66. The second kappa shape index (κ2) is 5.07. The molecule has 0 unspecified atom stereocenters. The smallest absolute Gasteiger partial charge is 0.0887 e. The van der Waals surface area contributed by atoms with Crippen LogP contribution in [0.3, 0.4) is 0 Å². The van der Waals surface area contributed by atoms with Crippen LogP contribution in [0.5, 0.6) is 0 Å². The van der Waals surface area contributed by atoms with Gasteiger partial charge < -0.3 is 0 Å². The molecule has 0 amide bonds. The SMILES string of the molecule is Cc1cccc(C)c1[C@@]1(C)C[C@@H]2[C@@H]([C@@H](C)C1)N(C)OC2(C)C. The van der Waals surface area contributed by atoms with Gasteiger partial charge in [-0.05, 0) is 68.6 Å². The van der Waals surface area contributed by atoms with Gasteiger partial charge in [-0.25, -0.2) is 0 Å². The highest BCUT2D eigenvalue weighted by atomic mass is 16.7. The maximum atomic E-state index is 6.19. The van der Waals surface area contributed by atoms with Gasteiger partial charge in [0.05, 0.1) is 5.60 Å². The van der Waals surface area contributed by atoms with Crippen LogP contribution in [0.15, 0.2) is 18.2 Å². The summed E-state index contributed by atoms with van der Waals surface area (Å²) in [6.07, 6.45) is 2.45. The second-order valence-corrected chi connectivity index (χ2v) is 8.55. The Morgan fingerprint density at radius 1 is 1.09 bits per heavy atom. The Balaban J connectivity index is 2.03. The highest BCUT2D eigenvalue weighted by Crippen LogP contribution is 2.53. The largest absolute Gasteiger partial charge is 0.293 e. The maximum absolute atomic E-state index is 6.19. The molecule has 2 heteroatoms. The third-order valence-electron chi connectivity index (χ3n) is 6.21. The number of fused-ring (bicyclic) bond motifs is 1. The van der Waals surface area contributed by atoms with Crippen LogP contribution in [0.25, 0.3) is 0 Å². The maximum Gasteiger partial charge on any atom is 0.0887 e. The summed E-state index contributed by atoms with van der Waals surface area (Å²) in [5, 5.41) is 2.14. The van der Waals surface area contributed by atoms with Crippen LogP contribution >= 0.6 is 0 Å². The quantitative estimate of drug-likeness (QED) is 0.750. The van der Waals surface area contributed by atoms with Crippen molar-refractivity contribution in [1.29, 1.82) is 0 Å². The van der Waals surface area contributed by atoms with E-state index in [2.05, 4.69) is 71.9 Å².